The molecular formula is C15H24N2S. The number of rotatable bonds is 3. The van der Waals surface area contributed by atoms with Crippen LogP contribution in [-0.4, -0.2) is 30.6 Å². The Morgan fingerprint density at radius 1 is 1.33 bits per heavy atom. The Kier molecular flexibility index (Phi) is 4.02. The molecule has 1 atom stereocenters. The normalized spacial score (nSPS) is 26.2. The Morgan fingerprint density at radius 3 is 2.94 bits per heavy atom. The maximum absolute atomic E-state index is 3.92. The van der Waals surface area contributed by atoms with Crippen molar-refractivity contribution in [1.82, 2.24) is 10.2 Å². The first-order valence-electron chi connectivity index (χ1n) is 7.41. The van der Waals surface area contributed by atoms with Gasteiger partial charge in [0.1, 0.15) is 0 Å². The zero-order valence-corrected chi connectivity index (χ0v) is 12.1. The quantitative estimate of drug-likeness (QED) is 0.902. The van der Waals surface area contributed by atoms with Crippen molar-refractivity contribution in [1.29, 1.82) is 0 Å². The number of fused-ring (bicyclic) bond motifs is 1. The maximum atomic E-state index is 3.92. The summed E-state index contributed by atoms with van der Waals surface area (Å²) in [6.45, 7) is 6.03. The Bertz CT molecular complexity index is 380. The predicted octanol–water partition coefficient (Wildman–Crippen LogP) is 3.20. The highest BCUT2D eigenvalue weighted by atomic mass is 32.1. The van der Waals surface area contributed by atoms with Crippen LogP contribution in [0.1, 0.15) is 49.1 Å². The lowest BCUT2D eigenvalue weighted by atomic mass is 9.92. The minimum absolute atomic E-state index is 0.637. The summed E-state index contributed by atoms with van der Waals surface area (Å²) in [4.78, 5) is 4.19. The molecule has 1 aliphatic heterocycles. The van der Waals surface area contributed by atoms with Crippen LogP contribution in [0.2, 0.25) is 0 Å². The highest BCUT2D eigenvalue weighted by Gasteiger charge is 2.25. The van der Waals surface area contributed by atoms with Gasteiger partial charge in [-0.25, -0.2) is 0 Å². The molecule has 18 heavy (non-hydrogen) atoms. The smallest absolute Gasteiger partial charge is 0.0333 e. The summed E-state index contributed by atoms with van der Waals surface area (Å²) in [7, 11) is 0. The second-order valence-electron chi connectivity index (χ2n) is 5.62. The van der Waals surface area contributed by atoms with Gasteiger partial charge in [-0.1, -0.05) is 6.92 Å². The average Bonchev–Trinajstić information content (AvgIpc) is 2.89. The van der Waals surface area contributed by atoms with Crippen LogP contribution in [0.3, 0.4) is 0 Å². The Labute approximate surface area is 114 Å². The molecular weight excluding hydrogens is 240 g/mol. The van der Waals surface area contributed by atoms with Crippen molar-refractivity contribution < 1.29 is 0 Å². The van der Waals surface area contributed by atoms with Crippen molar-refractivity contribution in [2.24, 2.45) is 0 Å². The van der Waals surface area contributed by atoms with E-state index in [1.54, 1.807) is 10.4 Å². The van der Waals surface area contributed by atoms with E-state index >= 15 is 0 Å². The molecule has 2 heterocycles. The van der Waals surface area contributed by atoms with Crippen molar-refractivity contribution in [2.75, 3.05) is 19.6 Å². The third-order valence-electron chi connectivity index (χ3n) is 4.52. The molecule has 1 unspecified atom stereocenters. The predicted molar refractivity (Wildman–Crippen MR) is 78.3 cm³/mol. The van der Waals surface area contributed by atoms with E-state index in [0.717, 1.165) is 6.04 Å². The minimum atomic E-state index is 0.637. The lowest BCUT2D eigenvalue weighted by Crippen LogP contribution is -2.44. The summed E-state index contributed by atoms with van der Waals surface area (Å²) < 4.78 is 0. The van der Waals surface area contributed by atoms with Crippen LogP contribution in [0.25, 0.3) is 0 Å². The average molecular weight is 264 g/mol. The first-order valence-corrected chi connectivity index (χ1v) is 8.29. The second-order valence-corrected chi connectivity index (χ2v) is 6.62. The molecule has 100 valence electrons. The van der Waals surface area contributed by atoms with Crippen LogP contribution in [0, 0.1) is 0 Å². The van der Waals surface area contributed by atoms with Gasteiger partial charge in [0, 0.05) is 17.0 Å². The van der Waals surface area contributed by atoms with Gasteiger partial charge in [-0.15, -0.1) is 11.3 Å². The second kappa shape index (κ2) is 5.72. The van der Waals surface area contributed by atoms with E-state index < -0.39 is 0 Å². The van der Waals surface area contributed by atoms with Crippen molar-refractivity contribution in [3.63, 3.8) is 0 Å². The summed E-state index contributed by atoms with van der Waals surface area (Å²) in [6.07, 6.45) is 6.64. The standard InChI is InChI=1S/C15H24N2S/c1-2-17-9-6-12(7-10-17)16-14-4-3-5-15-13(14)8-11-18-15/h8,11-12,14,16H,2-7,9-10H2,1H3. The minimum Gasteiger partial charge on any atom is -0.307 e. The van der Waals surface area contributed by atoms with E-state index in [9.17, 15) is 0 Å². The van der Waals surface area contributed by atoms with Crippen LogP contribution in [0.5, 0.6) is 0 Å². The molecule has 1 aromatic heterocycles. The molecule has 1 aliphatic carbocycles. The van der Waals surface area contributed by atoms with Crippen LogP contribution in [-0.2, 0) is 6.42 Å². The summed E-state index contributed by atoms with van der Waals surface area (Å²) in [5, 5.41) is 6.19. The molecule has 2 nitrogen and oxygen atoms in total. The zero-order chi connectivity index (χ0) is 12.4. The number of hydrogen-bond acceptors (Lipinski definition) is 3. The first-order chi connectivity index (χ1) is 8.86. The molecule has 2 aliphatic rings. The van der Waals surface area contributed by atoms with E-state index in [-0.39, 0.29) is 0 Å². The molecule has 3 heteroatoms. The van der Waals surface area contributed by atoms with Crippen LogP contribution in [0.15, 0.2) is 11.4 Å². The van der Waals surface area contributed by atoms with E-state index in [2.05, 4.69) is 28.6 Å². The first kappa shape index (κ1) is 12.6. The lowest BCUT2D eigenvalue weighted by molar-refractivity contribution is 0.196. The van der Waals surface area contributed by atoms with Crippen LogP contribution < -0.4 is 5.32 Å². The van der Waals surface area contributed by atoms with Gasteiger partial charge in [-0.3, -0.25) is 0 Å². The van der Waals surface area contributed by atoms with Gasteiger partial charge in [-0.05, 0) is 68.7 Å². The fraction of sp³-hybridized carbons (Fsp3) is 0.733. The number of aryl methyl sites for hydroxylation is 1. The van der Waals surface area contributed by atoms with Crippen molar-refractivity contribution in [2.45, 2.75) is 51.1 Å². The third-order valence-corrected chi connectivity index (χ3v) is 5.52. The van der Waals surface area contributed by atoms with Gasteiger partial charge in [0.2, 0.25) is 0 Å². The molecule has 0 radical (unpaired) electrons. The Hall–Kier alpha value is -0.380. The molecule has 0 amide bonds. The monoisotopic (exact) mass is 264 g/mol. The molecule has 1 saturated heterocycles. The summed E-state index contributed by atoms with van der Waals surface area (Å²) >= 11 is 1.95. The maximum Gasteiger partial charge on any atom is 0.0333 e. The largest absolute Gasteiger partial charge is 0.307 e. The van der Waals surface area contributed by atoms with Gasteiger partial charge < -0.3 is 10.2 Å². The van der Waals surface area contributed by atoms with Gasteiger partial charge in [0.15, 0.2) is 0 Å². The van der Waals surface area contributed by atoms with Crippen molar-refractivity contribution in [3.05, 3.63) is 21.9 Å². The number of thiophene rings is 1. The lowest BCUT2D eigenvalue weighted by Gasteiger charge is -2.35. The fourth-order valence-electron chi connectivity index (χ4n) is 3.36. The molecule has 1 N–H and O–H groups in total. The Balaban J connectivity index is 1.58. The van der Waals surface area contributed by atoms with E-state index in [1.165, 1.54) is 51.7 Å². The highest BCUT2D eigenvalue weighted by molar-refractivity contribution is 7.10. The zero-order valence-electron chi connectivity index (χ0n) is 11.3. The molecule has 0 bridgehead atoms. The van der Waals surface area contributed by atoms with Gasteiger partial charge >= 0.3 is 0 Å². The fourth-order valence-corrected chi connectivity index (χ4v) is 4.35. The van der Waals surface area contributed by atoms with Crippen molar-refractivity contribution >= 4 is 11.3 Å². The van der Waals surface area contributed by atoms with Gasteiger partial charge in [0.25, 0.3) is 0 Å². The summed E-state index contributed by atoms with van der Waals surface area (Å²) in [6, 6.07) is 3.72. The topological polar surface area (TPSA) is 15.3 Å². The number of piperidine rings is 1. The summed E-state index contributed by atoms with van der Waals surface area (Å²) in [5.74, 6) is 0. The number of nitrogens with one attached hydrogen (secondary N) is 1. The Morgan fingerprint density at radius 2 is 2.17 bits per heavy atom. The van der Waals surface area contributed by atoms with E-state index in [1.807, 2.05) is 11.3 Å². The van der Waals surface area contributed by atoms with E-state index in [0.29, 0.717) is 6.04 Å². The van der Waals surface area contributed by atoms with Gasteiger partial charge in [-0.2, -0.15) is 0 Å². The molecule has 0 aromatic carbocycles. The molecule has 0 spiro atoms. The number of likely N-dealkylation sites (tertiary alicyclic amines) is 1. The van der Waals surface area contributed by atoms with Crippen molar-refractivity contribution in [3.8, 4) is 0 Å². The van der Waals surface area contributed by atoms with Crippen LogP contribution in [0.4, 0.5) is 0 Å². The number of hydrogen-bond donors (Lipinski definition) is 1. The molecule has 1 fully saturated rings. The van der Waals surface area contributed by atoms with Gasteiger partial charge in [0.05, 0.1) is 0 Å². The molecule has 0 saturated carbocycles. The SMILES string of the molecule is CCN1CCC(NC2CCCc3sccc32)CC1. The molecule has 3 rings (SSSR count). The van der Waals surface area contributed by atoms with E-state index in [4.69, 9.17) is 0 Å². The molecule has 1 aromatic rings. The highest BCUT2D eigenvalue weighted by Crippen LogP contribution is 2.34. The summed E-state index contributed by atoms with van der Waals surface area (Å²) in [5.41, 5.74) is 1.60. The third kappa shape index (κ3) is 2.63. The number of nitrogens with zero attached hydrogens (tertiary/aromatic N) is 1. The van der Waals surface area contributed by atoms with Crippen LogP contribution >= 0.6 is 11.3 Å².